The van der Waals surface area contributed by atoms with Crippen LogP contribution in [0.25, 0.3) is 0 Å². The fourth-order valence-corrected chi connectivity index (χ4v) is 2.45. The highest BCUT2D eigenvalue weighted by atomic mass is 16.3. The molecule has 0 amide bonds. The molecular formula is C12H13NO. The van der Waals surface area contributed by atoms with Crippen molar-refractivity contribution in [2.24, 2.45) is 5.92 Å². The number of aliphatic hydroxyl groups is 1. The predicted octanol–water partition coefficient (Wildman–Crippen LogP) is 1.28. The quantitative estimate of drug-likeness (QED) is 0.598. The van der Waals surface area contributed by atoms with Crippen molar-refractivity contribution in [2.75, 3.05) is 6.54 Å². The molecule has 72 valence electrons. The molecule has 0 aromatic carbocycles. The van der Waals surface area contributed by atoms with Crippen LogP contribution >= 0.6 is 0 Å². The monoisotopic (exact) mass is 187 g/mol. The molecule has 1 heterocycles. The summed E-state index contributed by atoms with van der Waals surface area (Å²) in [5, 5.41) is 13.2. The Morgan fingerprint density at radius 2 is 2.29 bits per heavy atom. The van der Waals surface area contributed by atoms with Crippen molar-refractivity contribution in [2.45, 2.75) is 12.5 Å². The van der Waals surface area contributed by atoms with Crippen LogP contribution in [-0.2, 0) is 0 Å². The summed E-state index contributed by atoms with van der Waals surface area (Å²) in [5.74, 6) is 0.179. The fourth-order valence-electron chi connectivity index (χ4n) is 2.45. The highest BCUT2D eigenvalue weighted by Crippen LogP contribution is 2.36. The van der Waals surface area contributed by atoms with E-state index in [1.807, 2.05) is 18.2 Å². The van der Waals surface area contributed by atoms with Gasteiger partial charge in [0.05, 0.1) is 6.10 Å². The minimum Gasteiger partial charge on any atom is -0.388 e. The van der Waals surface area contributed by atoms with E-state index < -0.39 is 0 Å². The van der Waals surface area contributed by atoms with Gasteiger partial charge >= 0.3 is 0 Å². The molecule has 0 radical (unpaired) electrons. The van der Waals surface area contributed by atoms with Crippen molar-refractivity contribution in [1.82, 2.24) is 5.32 Å². The summed E-state index contributed by atoms with van der Waals surface area (Å²) in [6.45, 7) is 1.00. The zero-order valence-electron chi connectivity index (χ0n) is 7.90. The van der Waals surface area contributed by atoms with Gasteiger partial charge in [0.25, 0.3) is 0 Å². The maximum atomic E-state index is 9.92. The van der Waals surface area contributed by atoms with E-state index >= 15 is 0 Å². The van der Waals surface area contributed by atoms with Crippen LogP contribution in [0.4, 0.5) is 0 Å². The van der Waals surface area contributed by atoms with E-state index in [0.29, 0.717) is 0 Å². The molecule has 1 aliphatic heterocycles. The Labute approximate surface area is 83.3 Å². The third-order valence-electron chi connectivity index (χ3n) is 3.13. The molecule has 2 unspecified atom stereocenters. The van der Waals surface area contributed by atoms with Crippen molar-refractivity contribution < 1.29 is 5.11 Å². The van der Waals surface area contributed by atoms with Crippen LogP contribution in [0.3, 0.4) is 0 Å². The summed E-state index contributed by atoms with van der Waals surface area (Å²) in [7, 11) is 0. The van der Waals surface area contributed by atoms with Crippen LogP contribution in [0, 0.1) is 5.92 Å². The Morgan fingerprint density at radius 3 is 3.21 bits per heavy atom. The second-order valence-corrected chi connectivity index (χ2v) is 3.95. The molecule has 2 N–H and O–H groups in total. The molecule has 3 aliphatic rings. The number of hydrogen-bond acceptors (Lipinski definition) is 2. The van der Waals surface area contributed by atoms with Gasteiger partial charge in [0, 0.05) is 18.2 Å². The molecule has 0 aromatic rings. The maximum Gasteiger partial charge on any atom is 0.0847 e. The summed E-state index contributed by atoms with van der Waals surface area (Å²) < 4.78 is 0. The molecule has 0 saturated carbocycles. The first-order chi connectivity index (χ1) is 6.86. The van der Waals surface area contributed by atoms with E-state index in [1.165, 1.54) is 11.1 Å². The normalized spacial score (nSPS) is 33.6. The lowest BCUT2D eigenvalue weighted by Crippen LogP contribution is -2.25. The number of nitrogens with one attached hydrogen (secondary N) is 1. The minimum absolute atomic E-state index is 0.179. The van der Waals surface area contributed by atoms with Crippen LogP contribution < -0.4 is 5.32 Å². The first-order valence-electron chi connectivity index (χ1n) is 5.08. The highest BCUT2D eigenvalue weighted by Gasteiger charge is 2.30. The van der Waals surface area contributed by atoms with Crippen molar-refractivity contribution in [3.8, 4) is 0 Å². The molecule has 2 aliphatic carbocycles. The Morgan fingerprint density at radius 1 is 1.36 bits per heavy atom. The van der Waals surface area contributed by atoms with E-state index in [4.69, 9.17) is 0 Å². The second kappa shape index (κ2) is 2.85. The lowest BCUT2D eigenvalue weighted by Gasteiger charge is -2.27. The van der Waals surface area contributed by atoms with Gasteiger partial charge in [0.1, 0.15) is 0 Å². The largest absolute Gasteiger partial charge is 0.388 e. The summed E-state index contributed by atoms with van der Waals surface area (Å²) in [6.07, 6.45) is 10.9. The lowest BCUT2D eigenvalue weighted by molar-refractivity contribution is 0.189. The Hall–Kier alpha value is -1.28. The molecule has 0 spiro atoms. The number of rotatable bonds is 0. The third kappa shape index (κ3) is 1.01. The molecule has 0 bridgehead atoms. The molecule has 1 fully saturated rings. The number of allylic oxidation sites excluding steroid dienone is 4. The minimum atomic E-state index is -0.365. The SMILES string of the molecule is OC1C=C2NCCC2=C2C=CC=CC21. The Kier molecular flexibility index (Phi) is 1.64. The van der Waals surface area contributed by atoms with Crippen LogP contribution in [-0.4, -0.2) is 17.8 Å². The van der Waals surface area contributed by atoms with E-state index in [9.17, 15) is 5.11 Å². The summed E-state index contributed by atoms with van der Waals surface area (Å²) in [5.41, 5.74) is 3.83. The average molecular weight is 187 g/mol. The Bertz CT molecular complexity index is 387. The Balaban J connectivity index is 2.13. The first-order valence-corrected chi connectivity index (χ1v) is 5.08. The summed E-state index contributed by atoms with van der Waals surface area (Å²) >= 11 is 0. The number of hydrogen-bond donors (Lipinski definition) is 2. The van der Waals surface area contributed by atoms with Crippen LogP contribution in [0.1, 0.15) is 6.42 Å². The predicted molar refractivity (Wildman–Crippen MR) is 55.5 cm³/mol. The summed E-state index contributed by atoms with van der Waals surface area (Å²) in [6, 6.07) is 0. The van der Waals surface area contributed by atoms with Gasteiger partial charge in [-0.2, -0.15) is 0 Å². The second-order valence-electron chi connectivity index (χ2n) is 3.95. The van der Waals surface area contributed by atoms with Crippen molar-refractivity contribution in [3.63, 3.8) is 0 Å². The number of fused-ring (bicyclic) bond motifs is 2. The molecule has 2 atom stereocenters. The van der Waals surface area contributed by atoms with Crippen LogP contribution in [0.15, 0.2) is 47.2 Å². The topological polar surface area (TPSA) is 32.3 Å². The molecular weight excluding hydrogens is 174 g/mol. The molecule has 1 saturated heterocycles. The van der Waals surface area contributed by atoms with Gasteiger partial charge < -0.3 is 10.4 Å². The standard InChI is InChI=1S/C12H13NO/c14-12-7-11-9(5-6-13-11)8-3-1-2-4-10(8)12/h1-4,7,10,12-14H,5-6H2. The van der Waals surface area contributed by atoms with E-state index in [0.717, 1.165) is 18.7 Å². The first kappa shape index (κ1) is 8.06. The van der Waals surface area contributed by atoms with Crippen molar-refractivity contribution in [3.05, 3.63) is 47.2 Å². The molecule has 2 nitrogen and oxygen atoms in total. The maximum absolute atomic E-state index is 9.92. The van der Waals surface area contributed by atoms with Crippen LogP contribution in [0.2, 0.25) is 0 Å². The van der Waals surface area contributed by atoms with E-state index in [-0.39, 0.29) is 12.0 Å². The van der Waals surface area contributed by atoms with Gasteiger partial charge in [-0.3, -0.25) is 0 Å². The van der Waals surface area contributed by atoms with Gasteiger partial charge in [-0.1, -0.05) is 24.3 Å². The van der Waals surface area contributed by atoms with Gasteiger partial charge in [-0.05, 0) is 23.6 Å². The fraction of sp³-hybridized carbons (Fsp3) is 0.333. The van der Waals surface area contributed by atoms with E-state index in [2.05, 4.69) is 17.5 Å². The molecule has 0 aromatic heterocycles. The van der Waals surface area contributed by atoms with Gasteiger partial charge in [0.15, 0.2) is 0 Å². The third-order valence-corrected chi connectivity index (χ3v) is 3.13. The zero-order chi connectivity index (χ0) is 9.54. The van der Waals surface area contributed by atoms with Gasteiger partial charge in [-0.15, -0.1) is 0 Å². The van der Waals surface area contributed by atoms with Crippen LogP contribution in [0.5, 0.6) is 0 Å². The molecule has 2 heteroatoms. The molecule has 3 rings (SSSR count). The number of aliphatic hydroxyl groups excluding tert-OH is 1. The highest BCUT2D eigenvalue weighted by molar-refractivity contribution is 5.51. The zero-order valence-corrected chi connectivity index (χ0v) is 7.90. The smallest absolute Gasteiger partial charge is 0.0847 e. The molecule has 14 heavy (non-hydrogen) atoms. The van der Waals surface area contributed by atoms with Crippen molar-refractivity contribution in [1.29, 1.82) is 0 Å². The lowest BCUT2D eigenvalue weighted by atomic mass is 9.81. The van der Waals surface area contributed by atoms with Crippen molar-refractivity contribution >= 4 is 0 Å². The van der Waals surface area contributed by atoms with Gasteiger partial charge in [0.2, 0.25) is 0 Å². The van der Waals surface area contributed by atoms with Gasteiger partial charge in [-0.25, -0.2) is 0 Å². The average Bonchev–Trinajstić information content (AvgIpc) is 2.66. The summed E-state index contributed by atoms with van der Waals surface area (Å²) in [4.78, 5) is 0. The van der Waals surface area contributed by atoms with E-state index in [1.54, 1.807) is 0 Å².